The summed E-state index contributed by atoms with van der Waals surface area (Å²) in [5.41, 5.74) is 3.25. The number of nitrogens with zero attached hydrogens (tertiary/aromatic N) is 5. The van der Waals surface area contributed by atoms with Crippen molar-refractivity contribution in [2.45, 2.75) is 33.6 Å². The molecule has 0 amide bonds. The van der Waals surface area contributed by atoms with E-state index < -0.39 is 4.92 Å². The molecule has 0 aliphatic carbocycles. The fourth-order valence-electron chi connectivity index (χ4n) is 4.03. The molecule has 0 radical (unpaired) electrons. The van der Waals surface area contributed by atoms with Gasteiger partial charge in [-0.2, -0.15) is 9.78 Å². The average molecular weight is 538 g/mol. The van der Waals surface area contributed by atoms with Gasteiger partial charge in [-0.15, -0.1) is 0 Å². The molecule has 180 valence electrons. The molecule has 4 aromatic rings. The third-order valence-electron chi connectivity index (χ3n) is 5.75. The first-order valence-electron chi connectivity index (χ1n) is 10.9. The summed E-state index contributed by atoms with van der Waals surface area (Å²) in [4.78, 5) is 28.9. The highest BCUT2D eigenvalue weighted by Gasteiger charge is 2.18. The van der Waals surface area contributed by atoms with Gasteiger partial charge in [0.15, 0.2) is 0 Å². The van der Waals surface area contributed by atoms with Crippen LogP contribution in [0.4, 0.5) is 5.69 Å². The maximum atomic E-state index is 13.3. The van der Waals surface area contributed by atoms with Crippen LogP contribution in [0.15, 0.2) is 56.8 Å². The van der Waals surface area contributed by atoms with Crippen molar-refractivity contribution in [1.29, 1.82) is 0 Å². The molecular weight excluding hydrogens is 514 g/mol. The molecule has 0 aliphatic heterocycles. The van der Waals surface area contributed by atoms with Crippen molar-refractivity contribution in [3.63, 3.8) is 0 Å². The van der Waals surface area contributed by atoms with E-state index in [0.29, 0.717) is 28.2 Å². The molecule has 2 heterocycles. The van der Waals surface area contributed by atoms with E-state index in [2.05, 4.69) is 26.0 Å². The summed E-state index contributed by atoms with van der Waals surface area (Å²) in [6.45, 7) is 7.69. The van der Waals surface area contributed by atoms with E-state index in [9.17, 15) is 14.9 Å². The lowest BCUT2D eigenvalue weighted by molar-refractivity contribution is -0.384. The molecule has 0 fully saturated rings. The molecule has 0 aliphatic rings. The van der Waals surface area contributed by atoms with Gasteiger partial charge in [-0.25, -0.2) is 4.98 Å². The first-order valence-corrected chi connectivity index (χ1v) is 11.7. The Hall–Kier alpha value is -3.79. The second kappa shape index (κ2) is 9.46. The van der Waals surface area contributed by atoms with E-state index in [1.165, 1.54) is 23.9 Å². The van der Waals surface area contributed by atoms with E-state index in [1.54, 1.807) is 24.4 Å². The van der Waals surface area contributed by atoms with Gasteiger partial charge in [-0.1, -0.05) is 29.8 Å². The summed E-state index contributed by atoms with van der Waals surface area (Å²) >= 11 is 3.41. The molecule has 10 heteroatoms. The summed E-state index contributed by atoms with van der Waals surface area (Å²) < 4.78 is 9.44. The van der Waals surface area contributed by atoms with Crippen molar-refractivity contribution in [3.05, 3.63) is 90.2 Å². The summed E-state index contributed by atoms with van der Waals surface area (Å²) in [5, 5.41) is 16.3. The van der Waals surface area contributed by atoms with Crippen LogP contribution in [0.5, 0.6) is 5.75 Å². The lowest BCUT2D eigenvalue weighted by Crippen LogP contribution is -2.23. The number of nitro groups is 1. The van der Waals surface area contributed by atoms with Crippen LogP contribution in [0, 0.1) is 24.0 Å². The number of rotatable bonds is 6. The van der Waals surface area contributed by atoms with Crippen LogP contribution in [0.2, 0.25) is 0 Å². The van der Waals surface area contributed by atoms with E-state index in [0.717, 1.165) is 21.4 Å². The van der Waals surface area contributed by atoms with Crippen molar-refractivity contribution < 1.29 is 9.66 Å². The Morgan fingerprint density at radius 2 is 1.91 bits per heavy atom. The predicted octanol–water partition coefficient (Wildman–Crippen LogP) is 5.49. The number of benzene rings is 2. The van der Waals surface area contributed by atoms with Crippen LogP contribution in [0.25, 0.3) is 16.6 Å². The third-order valence-corrected chi connectivity index (χ3v) is 6.24. The molecule has 35 heavy (non-hydrogen) atoms. The molecule has 0 bridgehead atoms. The van der Waals surface area contributed by atoms with Crippen LogP contribution in [0.1, 0.15) is 42.5 Å². The Bertz CT molecular complexity index is 1550. The number of methoxy groups -OCH3 is 1. The Morgan fingerprint density at radius 1 is 1.17 bits per heavy atom. The molecular formula is C25H24BrN5O4. The normalized spacial score (nSPS) is 11.6. The van der Waals surface area contributed by atoms with Gasteiger partial charge in [-0.05, 0) is 44.2 Å². The Balaban J connectivity index is 1.86. The number of ether oxygens (including phenoxy) is 1. The zero-order valence-corrected chi connectivity index (χ0v) is 21.5. The van der Waals surface area contributed by atoms with Gasteiger partial charge in [0.05, 0.1) is 34.8 Å². The summed E-state index contributed by atoms with van der Waals surface area (Å²) in [7, 11) is 1.52. The number of fused-ring (bicyclic) bond motifs is 1. The summed E-state index contributed by atoms with van der Waals surface area (Å²) in [6, 6.07) is 11.8. The quantitative estimate of drug-likeness (QED) is 0.184. The summed E-state index contributed by atoms with van der Waals surface area (Å²) in [6.07, 6.45) is 1.61. The zero-order valence-electron chi connectivity index (χ0n) is 19.9. The number of non-ortho nitro benzene ring substituents is 1. The first-order chi connectivity index (χ1) is 16.6. The molecule has 4 rings (SSSR count). The predicted molar refractivity (Wildman–Crippen MR) is 139 cm³/mol. The van der Waals surface area contributed by atoms with Gasteiger partial charge in [0.1, 0.15) is 11.6 Å². The molecule has 9 nitrogen and oxygen atoms in total. The van der Waals surface area contributed by atoms with E-state index in [1.807, 2.05) is 44.4 Å². The molecule has 0 atom stereocenters. The highest BCUT2D eigenvalue weighted by Crippen LogP contribution is 2.31. The minimum absolute atomic E-state index is 0.0329. The zero-order chi connectivity index (χ0) is 25.4. The van der Waals surface area contributed by atoms with Crippen LogP contribution < -0.4 is 10.3 Å². The van der Waals surface area contributed by atoms with Crippen molar-refractivity contribution in [2.24, 2.45) is 5.10 Å². The number of hydrogen-bond acceptors (Lipinski definition) is 6. The fraction of sp³-hybridized carbons (Fsp3) is 0.240. The molecule has 0 saturated carbocycles. The van der Waals surface area contributed by atoms with Gasteiger partial charge in [0.2, 0.25) is 0 Å². The largest absolute Gasteiger partial charge is 0.495 e. The number of hydrogen-bond donors (Lipinski definition) is 0. The van der Waals surface area contributed by atoms with E-state index in [4.69, 9.17) is 4.74 Å². The van der Waals surface area contributed by atoms with Gasteiger partial charge < -0.3 is 9.30 Å². The molecule has 0 saturated heterocycles. The highest BCUT2D eigenvalue weighted by molar-refractivity contribution is 9.10. The maximum absolute atomic E-state index is 13.3. The SMILES string of the molecule is COc1ccc([N+](=O)[O-])cc1-n1c(C)cc(C=Nn2c(C(C)C)nc3ccc(Br)cc3c2=O)c1C. The lowest BCUT2D eigenvalue weighted by atomic mass is 10.2. The smallest absolute Gasteiger partial charge is 0.282 e. The van der Waals surface area contributed by atoms with Crippen molar-refractivity contribution in [2.75, 3.05) is 7.11 Å². The topological polar surface area (TPSA) is 105 Å². The van der Waals surface area contributed by atoms with Gasteiger partial charge in [0.25, 0.3) is 11.2 Å². The molecule has 0 spiro atoms. The Labute approximate surface area is 210 Å². The van der Waals surface area contributed by atoms with Gasteiger partial charge in [-0.3, -0.25) is 14.9 Å². The standard InChI is InChI=1S/C25H24BrN5O4/c1-14(2)24-28-21-8-6-18(26)11-20(21)25(32)30(24)27-13-17-10-15(3)29(16(17)4)22-12-19(31(33)34)7-9-23(22)35-5/h6-14H,1-5H3. The van der Waals surface area contributed by atoms with E-state index >= 15 is 0 Å². The second-order valence-corrected chi connectivity index (χ2v) is 9.34. The molecule has 0 unspecified atom stereocenters. The highest BCUT2D eigenvalue weighted by atomic mass is 79.9. The van der Waals surface area contributed by atoms with Crippen LogP contribution in [-0.2, 0) is 0 Å². The van der Waals surface area contributed by atoms with Crippen LogP contribution in [-0.4, -0.2) is 32.5 Å². The minimum Gasteiger partial charge on any atom is -0.495 e. The molecule has 2 aromatic carbocycles. The average Bonchev–Trinajstić information content (AvgIpc) is 3.10. The number of nitro benzene ring substituents is 1. The third kappa shape index (κ3) is 4.49. The number of halogens is 1. The van der Waals surface area contributed by atoms with Crippen molar-refractivity contribution >= 4 is 38.7 Å². The van der Waals surface area contributed by atoms with Crippen molar-refractivity contribution in [3.8, 4) is 11.4 Å². The Kier molecular flexibility index (Phi) is 6.58. The van der Waals surface area contributed by atoms with E-state index in [-0.39, 0.29) is 17.2 Å². The Morgan fingerprint density at radius 3 is 2.57 bits per heavy atom. The molecule has 0 N–H and O–H groups in total. The first kappa shape index (κ1) is 24.3. The second-order valence-electron chi connectivity index (χ2n) is 8.42. The maximum Gasteiger partial charge on any atom is 0.282 e. The van der Waals surface area contributed by atoms with Crippen LogP contribution in [0.3, 0.4) is 0 Å². The monoisotopic (exact) mass is 537 g/mol. The van der Waals surface area contributed by atoms with Gasteiger partial charge in [0, 0.05) is 39.5 Å². The van der Waals surface area contributed by atoms with Crippen LogP contribution >= 0.6 is 15.9 Å². The lowest BCUT2D eigenvalue weighted by Gasteiger charge is -2.14. The minimum atomic E-state index is -0.440. The summed E-state index contributed by atoms with van der Waals surface area (Å²) in [5.74, 6) is 1.02. The van der Waals surface area contributed by atoms with Crippen molar-refractivity contribution in [1.82, 2.24) is 14.2 Å². The molecule has 2 aromatic heterocycles. The number of aryl methyl sites for hydroxylation is 1. The fourth-order valence-corrected chi connectivity index (χ4v) is 4.39. The number of aromatic nitrogens is 3. The van der Waals surface area contributed by atoms with Gasteiger partial charge >= 0.3 is 0 Å².